The van der Waals surface area contributed by atoms with Crippen molar-refractivity contribution in [2.75, 3.05) is 18.5 Å². The van der Waals surface area contributed by atoms with Gasteiger partial charge in [0.05, 0.1) is 17.9 Å². The molecule has 206 valence electrons. The molecule has 0 aliphatic heterocycles. The molecule has 3 aromatic rings. The number of hydrogen-bond donors (Lipinski definition) is 3. The second kappa shape index (κ2) is 14.4. The molecule has 2 atom stereocenters. The van der Waals surface area contributed by atoms with Gasteiger partial charge in [-0.2, -0.15) is 0 Å². The van der Waals surface area contributed by atoms with Crippen LogP contribution < -0.4 is 5.32 Å². The molecule has 0 bridgehead atoms. The molecule has 0 spiro atoms. The van der Waals surface area contributed by atoms with Gasteiger partial charge in [0.2, 0.25) is 5.91 Å². The van der Waals surface area contributed by atoms with Crippen molar-refractivity contribution in [3.63, 3.8) is 0 Å². The lowest BCUT2D eigenvalue weighted by atomic mass is 9.88. The summed E-state index contributed by atoms with van der Waals surface area (Å²) in [5, 5.41) is 23.2. The van der Waals surface area contributed by atoms with Gasteiger partial charge in [-0.15, -0.1) is 0 Å². The SMILES string of the molecule is CC(C)N(CC(=O)Nc1ccccc1C(=N[C@H](C(=O)O)[C@@H](CCO)c1ccccc1)c1ccccc1)C(C)C. The van der Waals surface area contributed by atoms with Crippen molar-refractivity contribution < 1.29 is 19.8 Å². The van der Waals surface area contributed by atoms with Gasteiger partial charge in [0, 0.05) is 35.7 Å². The fraction of sp³-hybridized carbons (Fsp3) is 0.344. The van der Waals surface area contributed by atoms with Gasteiger partial charge in [0.1, 0.15) is 0 Å². The number of aliphatic carboxylic acids is 1. The second-order valence-corrected chi connectivity index (χ2v) is 10.1. The van der Waals surface area contributed by atoms with Gasteiger partial charge in [-0.05, 0) is 45.7 Å². The summed E-state index contributed by atoms with van der Waals surface area (Å²) in [5.41, 5.74) is 3.16. The maximum Gasteiger partial charge on any atom is 0.329 e. The molecule has 7 heteroatoms. The molecule has 3 N–H and O–H groups in total. The maximum absolute atomic E-state index is 13.1. The smallest absolute Gasteiger partial charge is 0.329 e. The Hall–Kier alpha value is -3.81. The molecule has 0 radical (unpaired) electrons. The molecule has 0 saturated carbocycles. The molecule has 0 unspecified atom stereocenters. The number of aliphatic imine (C=N–C) groups is 1. The highest BCUT2D eigenvalue weighted by molar-refractivity contribution is 6.17. The number of carbonyl (C=O) groups is 2. The van der Waals surface area contributed by atoms with Crippen molar-refractivity contribution >= 4 is 23.3 Å². The Kier molecular flexibility index (Phi) is 11.0. The molecule has 0 heterocycles. The molecule has 39 heavy (non-hydrogen) atoms. The molecular formula is C32H39N3O4. The van der Waals surface area contributed by atoms with Crippen molar-refractivity contribution in [2.24, 2.45) is 4.99 Å². The largest absolute Gasteiger partial charge is 0.480 e. The number of amides is 1. The molecule has 0 aliphatic carbocycles. The van der Waals surface area contributed by atoms with Crippen molar-refractivity contribution in [3.05, 3.63) is 102 Å². The number of anilines is 1. The molecule has 0 aliphatic rings. The van der Waals surface area contributed by atoms with E-state index in [0.717, 1.165) is 11.1 Å². The number of carboxylic acid groups (broad SMARTS) is 1. The molecule has 1 amide bonds. The number of para-hydroxylation sites is 1. The first-order valence-electron chi connectivity index (χ1n) is 13.4. The number of rotatable bonds is 13. The summed E-state index contributed by atoms with van der Waals surface area (Å²) in [7, 11) is 0. The summed E-state index contributed by atoms with van der Waals surface area (Å²) in [6.07, 6.45) is 0.241. The Morgan fingerprint density at radius 2 is 1.41 bits per heavy atom. The van der Waals surface area contributed by atoms with E-state index in [2.05, 4.69) is 37.9 Å². The van der Waals surface area contributed by atoms with Gasteiger partial charge in [-0.1, -0.05) is 78.9 Å². The third-order valence-electron chi connectivity index (χ3n) is 6.73. The summed E-state index contributed by atoms with van der Waals surface area (Å²) < 4.78 is 0. The molecule has 0 aromatic heterocycles. The number of aliphatic hydroxyl groups excluding tert-OH is 1. The predicted molar refractivity (Wildman–Crippen MR) is 156 cm³/mol. The maximum atomic E-state index is 13.1. The summed E-state index contributed by atoms with van der Waals surface area (Å²) >= 11 is 0. The number of benzene rings is 3. The Labute approximate surface area is 231 Å². The predicted octanol–water partition coefficient (Wildman–Crippen LogP) is 5.20. The van der Waals surface area contributed by atoms with Crippen LogP contribution in [0.5, 0.6) is 0 Å². The number of carbonyl (C=O) groups excluding carboxylic acids is 1. The Morgan fingerprint density at radius 3 is 1.97 bits per heavy atom. The highest BCUT2D eigenvalue weighted by atomic mass is 16.4. The van der Waals surface area contributed by atoms with Crippen LogP contribution in [0.25, 0.3) is 0 Å². The molecule has 3 aromatic carbocycles. The lowest BCUT2D eigenvalue weighted by Crippen LogP contribution is -2.42. The van der Waals surface area contributed by atoms with Gasteiger partial charge in [-0.25, -0.2) is 4.79 Å². The lowest BCUT2D eigenvalue weighted by molar-refractivity contribution is -0.139. The van der Waals surface area contributed by atoms with Crippen LogP contribution in [-0.4, -0.2) is 64.0 Å². The second-order valence-electron chi connectivity index (χ2n) is 10.1. The van der Waals surface area contributed by atoms with Crippen LogP contribution in [0.1, 0.15) is 56.7 Å². The van der Waals surface area contributed by atoms with E-state index in [0.29, 0.717) is 17.0 Å². The topological polar surface area (TPSA) is 102 Å². The number of carboxylic acids is 1. The molecular weight excluding hydrogens is 490 g/mol. The van der Waals surface area contributed by atoms with Crippen molar-refractivity contribution in [3.8, 4) is 0 Å². The van der Waals surface area contributed by atoms with Gasteiger partial charge < -0.3 is 15.5 Å². The normalized spacial score (nSPS) is 13.5. The summed E-state index contributed by atoms with van der Waals surface area (Å²) in [5.74, 6) is -1.79. The molecule has 3 rings (SSSR count). The van der Waals surface area contributed by atoms with E-state index >= 15 is 0 Å². The Morgan fingerprint density at radius 1 is 0.846 bits per heavy atom. The van der Waals surface area contributed by atoms with E-state index in [1.165, 1.54) is 0 Å². The van der Waals surface area contributed by atoms with E-state index in [1.807, 2.05) is 78.9 Å². The van der Waals surface area contributed by atoms with Crippen molar-refractivity contribution in [2.45, 2.75) is 58.2 Å². The van der Waals surface area contributed by atoms with Gasteiger partial charge in [0.25, 0.3) is 0 Å². The third kappa shape index (κ3) is 8.09. The minimum atomic E-state index is -1.16. The first-order valence-corrected chi connectivity index (χ1v) is 13.4. The monoisotopic (exact) mass is 529 g/mol. The fourth-order valence-corrected chi connectivity index (χ4v) is 4.81. The molecule has 0 saturated heterocycles. The van der Waals surface area contributed by atoms with E-state index in [9.17, 15) is 19.8 Å². The van der Waals surface area contributed by atoms with Crippen LogP contribution in [0.2, 0.25) is 0 Å². The zero-order valence-electron chi connectivity index (χ0n) is 23.1. The first-order chi connectivity index (χ1) is 18.7. The average Bonchev–Trinajstić information content (AvgIpc) is 2.92. The van der Waals surface area contributed by atoms with E-state index in [1.54, 1.807) is 6.07 Å². The minimum Gasteiger partial charge on any atom is -0.480 e. The van der Waals surface area contributed by atoms with E-state index in [4.69, 9.17) is 4.99 Å². The van der Waals surface area contributed by atoms with Gasteiger partial charge >= 0.3 is 5.97 Å². The van der Waals surface area contributed by atoms with Crippen LogP contribution in [0.4, 0.5) is 5.69 Å². The van der Waals surface area contributed by atoms with Crippen LogP contribution in [-0.2, 0) is 9.59 Å². The highest BCUT2D eigenvalue weighted by Gasteiger charge is 2.30. The zero-order chi connectivity index (χ0) is 28.4. The van der Waals surface area contributed by atoms with Gasteiger partial charge in [-0.3, -0.25) is 14.7 Å². The van der Waals surface area contributed by atoms with E-state index < -0.39 is 17.9 Å². The van der Waals surface area contributed by atoms with Crippen molar-refractivity contribution in [1.82, 2.24) is 4.90 Å². The van der Waals surface area contributed by atoms with Crippen LogP contribution >= 0.6 is 0 Å². The number of nitrogens with zero attached hydrogens (tertiary/aromatic N) is 2. The Balaban J connectivity index is 2.10. The van der Waals surface area contributed by atoms with Crippen LogP contribution in [0.15, 0.2) is 89.9 Å². The highest BCUT2D eigenvalue weighted by Crippen LogP contribution is 2.29. The standard InChI is InChI=1S/C32H39N3O4/c1-22(2)35(23(3)4)21-29(37)33-28-18-12-11-17-27(28)30(25-15-9-6-10-16-25)34-31(32(38)39)26(19-20-36)24-13-7-5-8-14-24/h5-18,22-23,26,31,36H,19-21H2,1-4H3,(H,33,37)(H,38,39)/t26-,31-/m0/s1. The zero-order valence-corrected chi connectivity index (χ0v) is 23.1. The average molecular weight is 530 g/mol. The van der Waals surface area contributed by atoms with Gasteiger partial charge in [0.15, 0.2) is 6.04 Å². The Bertz CT molecular complexity index is 1230. The van der Waals surface area contributed by atoms with Crippen molar-refractivity contribution in [1.29, 1.82) is 0 Å². The summed E-state index contributed by atoms with van der Waals surface area (Å²) in [6.45, 7) is 8.29. The third-order valence-corrected chi connectivity index (χ3v) is 6.73. The summed E-state index contributed by atoms with van der Waals surface area (Å²) in [6, 6.07) is 25.2. The lowest BCUT2D eigenvalue weighted by Gasteiger charge is -2.29. The van der Waals surface area contributed by atoms with E-state index in [-0.39, 0.29) is 37.6 Å². The number of nitrogens with one attached hydrogen (secondary N) is 1. The first kappa shape index (κ1) is 29.7. The molecule has 0 fully saturated rings. The number of hydrogen-bond acceptors (Lipinski definition) is 5. The van der Waals surface area contributed by atoms with Crippen LogP contribution in [0, 0.1) is 0 Å². The molecule has 7 nitrogen and oxygen atoms in total. The summed E-state index contributed by atoms with van der Waals surface area (Å²) in [4.78, 5) is 32.7. The quantitative estimate of drug-likeness (QED) is 0.264. The fourth-order valence-electron chi connectivity index (χ4n) is 4.81. The number of aliphatic hydroxyl groups is 1. The minimum absolute atomic E-state index is 0.158. The van der Waals surface area contributed by atoms with Crippen LogP contribution in [0.3, 0.4) is 0 Å².